The summed E-state index contributed by atoms with van der Waals surface area (Å²) >= 11 is 0. The molecule has 2 heteroatoms. The summed E-state index contributed by atoms with van der Waals surface area (Å²) in [6.45, 7) is 10.6. The van der Waals surface area contributed by atoms with E-state index in [1.807, 2.05) is 0 Å². The third kappa shape index (κ3) is 4.42. The van der Waals surface area contributed by atoms with Gasteiger partial charge in [-0.05, 0) is 52.6 Å². The Bertz CT molecular complexity index is 193. The van der Waals surface area contributed by atoms with E-state index in [-0.39, 0.29) is 0 Å². The van der Waals surface area contributed by atoms with Gasteiger partial charge in [0.25, 0.3) is 0 Å². The predicted molar refractivity (Wildman–Crippen MR) is 71.8 cm³/mol. The Labute approximate surface area is 102 Å². The molecule has 1 N–H and O–H groups in total. The number of hydrogen-bond acceptors (Lipinski definition) is 2. The van der Waals surface area contributed by atoms with E-state index in [0.29, 0.717) is 6.04 Å². The lowest BCUT2D eigenvalue weighted by atomic mass is 9.95. The van der Waals surface area contributed by atoms with E-state index >= 15 is 0 Å². The molecule has 0 aromatic rings. The smallest absolute Gasteiger partial charge is 0.00964 e. The first kappa shape index (κ1) is 14.0. The van der Waals surface area contributed by atoms with Crippen LogP contribution in [-0.4, -0.2) is 36.6 Å². The second-order valence-corrected chi connectivity index (χ2v) is 5.87. The molecular weight excluding hydrogens is 196 g/mol. The van der Waals surface area contributed by atoms with Crippen molar-refractivity contribution in [3.8, 4) is 0 Å². The SMILES string of the molecule is CCC(C)CC(C)NC1CCN(C)C(C)C1. The molecule has 16 heavy (non-hydrogen) atoms. The third-order valence-corrected chi connectivity index (χ3v) is 4.18. The number of nitrogens with zero attached hydrogens (tertiary/aromatic N) is 1. The minimum absolute atomic E-state index is 0.676. The summed E-state index contributed by atoms with van der Waals surface area (Å²) in [4.78, 5) is 2.47. The highest BCUT2D eigenvalue weighted by molar-refractivity contribution is 4.83. The zero-order valence-electron chi connectivity index (χ0n) is 11.8. The topological polar surface area (TPSA) is 15.3 Å². The summed E-state index contributed by atoms with van der Waals surface area (Å²) in [7, 11) is 2.24. The van der Waals surface area contributed by atoms with Crippen molar-refractivity contribution < 1.29 is 0 Å². The molecular formula is C14H30N2. The molecule has 0 aromatic heterocycles. The van der Waals surface area contributed by atoms with Gasteiger partial charge in [0.15, 0.2) is 0 Å². The summed E-state index contributed by atoms with van der Waals surface area (Å²) in [5, 5.41) is 3.81. The van der Waals surface area contributed by atoms with E-state index in [2.05, 4.69) is 45.0 Å². The van der Waals surface area contributed by atoms with Crippen molar-refractivity contribution >= 4 is 0 Å². The maximum absolute atomic E-state index is 3.81. The number of hydrogen-bond donors (Lipinski definition) is 1. The summed E-state index contributed by atoms with van der Waals surface area (Å²) in [6.07, 6.45) is 5.24. The first-order valence-electron chi connectivity index (χ1n) is 6.99. The van der Waals surface area contributed by atoms with Crippen LogP contribution in [0.25, 0.3) is 0 Å². The maximum Gasteiger partial charge on any atom is 0.00964 e. The van der Waals surface area contributed by atoms with Crippen molar-refractivity contribution in [2.24, 2.45) is 5.92 Å². The highest BCUT2D eigenvalue weighted by atomic mass is 15.1. The van der Waals surface area contributed by atoms with Gasteiger partial charge >= 0.3 is 0 Å². The van der Waals surface area contributed by atoms with E-state index < -0.39 is 0 Å². The van der Waals surface area contributed by atoms with Gasteiger partial charge in [-0.3, -0.25) is 0 Å². The van der Waals surface area contributed by atoms with E-state index in [9.17, 15) is 0 Å². The van der Waals surface area contributed by atoms with Crippen molar-refractivity contribution in [2.75, 3.05) is 13.6 Å². The van der Waals surface area contributed by atoms with E-state index in [0.717, 1.165) is 18.0 Å². The molecule has 0 saturated carbocycles. The lowest BCUT2D eigenvalue weighted by molar-refractivity contribution is 0.161. The minimum atomic E-state index is 0.676. The van der Waals surface area contributed by atoms with Gasteiger partial charge in [0.2, 0.25) is 0 Å². The van der Waals surface area contributed by atoms with Crippen molar-refractivity contribution in [3.63, 3.8) is 0 Å². The van der Waals surface area contributed by atoms with Gasteiger partial charge in [-0.25, -0.2) is 0 Å². The highest BCUT2D eigenvalue weighted by Gasteiger charge is 2.23. The van der Waals surface area contributed by atoms with Crippen molar-refractivity contribution in [1.29, 1.82) is 0 Å². The number of nitrogens with one attached hydrogen (secondary N) is 1. The molecule has 96 valence electrons. The zero-order valence-corrected chi connectivity index (χ0v) is 11.8. The van der Waals surface area contributed by atoms with Gasteiger partial charge in [0.05, 0.1) is 0 Å². The molecule has 1 fully saturated rings. The molecule has 2 nitrogen and oxygen atoms in total. The van der Waals surface area contributed by atoms with Crippen LogP contribution in [0.4, 0.5) is 0 Å². The monoisotopic (exact) mass is 226 g/mol. The summed E-state index contributed by atoms with van der Waals surface area (Å²) < 4.78 is 0. The number of likely N-dealkylation sites (tertiary alicyclic amines) is 1. The van der Waals surface area contributed by atoms with Crippen molar-refractivity contribution in [2.45, 2.75) is 71.5 Å². The van der Waals surface area contributed by atoms with Gasteiger partial charge in [0.1, 0.15) is 0 Å². The molecule has 1 aliphatic rings. The van der Waals surface area contributed by atoms with Crippen LogP contribution < -0.4 is 5.32 Å². The molecule has 1 heterocycles. The molecule has 1 aliphatic heterocycles. The van der Waals surface area contributed by atoms with E-state index in [1.54, 1.807) is 0 Å². The molecule has 1 saturated heterocycles. The Kier molecular flexibility index (Phi) is 5.77. The summed E-state index contributed by atoms with van der Waals surface area (Å²) in [5.41, 5.74) is 0. The van der Waals surface area contributed by atoms with Gasteiger partial charge in [0, 0.05) is 18.1 Å². The molecule has 0 aromatic carbocycles. The second-order valence-electron chi connectivity index (χ2n) is 5.87. The minimum Gasteiger partial charge on any atom is -0.311 e. The highest BCUT2D eigenvalue weighted by Crippen LogP contribution is 2.17. The van der Waals surface area contributed by atoms with E-state index in [1.165, 1.54) is 32.2 Å². The van der Waals surface area contributed by atoms with Crippen LogP contribution in [0.15, 0.2) is 0 Å². The lowest BCUT2D eigenvalue weighted by Gasteiger charge is -2.37. The van der Waals surface area contributed by atoms with Crippen LogP contribution in [-0.2, 0) is 0 Å². The average Bonchev–Trinajstić information content (AvgIpc) is 2.23. The third-order valence-electron chi connectivity index (χ3n) is 4.18. The summed E-state index contributed by atoms with van der Waals surface area (Å²) in [6, 6.07) is 2.16. The lowest BCUT2D eigenvalue weighted by Crippen LogP contribution is -2.48. The molecule has 1 rings (SSSR count). The van der Waals surface area contributed by atoms with Crippen molar-refractivity contribution in [1.82, 2.24) is 10.2 Å². The van der Waals surface area contributed by atoms with E-state index in [4.69, 9.17) is 0 Å². The quantitative estimate of drug-likeness (QED) is 0.775. The summed E-state index contributed by atoms with van der Waals surface area (Å²) in [5.74, 6) is 0.853. The van der Waals surface area contributed by atoms with Crippen LogP contribution in [0.2, 0.25) is 0 Å². The first-order valence-corrected chi connectivity index (χ1v) is 6.99. The molecule has 0 spiro atoms. The normalized spacial score (nSPS) is 31.3. The van der Waals surface area contributed by atoms with Gasteiger partial charge in [-0.15, -0.1) is 0 Å². The van der Waals surface area contributed by atoms with Gasteiger partial charge < -0.3 is 10.2 Å². The van der Waals surface area contributed by atoms with Crippen LogP contribution in [0, 0.1) is 5.92 Å². The molecule has 4 atom stereocenters. The Balaban J connectivity index is 2.26. The first-order chi connectivity index (χ1) is 7.52. The van der Waals surface area contributed by atoms with Gasteiger partial charge in [-0.2, -0.15) is 0 Å². The zero-order chi connectivity index (χ0) is 12.1. The van der Waals surface area contributed by atoms with Crippen LogP contribution >= 0.6 is 0 Å². The van der Waals surface area contributed by atoms with Crippen LogP contribution in [0.3, 0.4) is 0 Å². The molecule has 4 unspecified atom stereocenters. The van der Waals surface area contributed by atoms with Crippen molar-refractivity contribution in [3.05, 3.63) is 0 Å². The Morgan fingerprint density at radius 1 is 1.38 bits per heavy atom. The standard InChI is InChI=1S/C14H30N2/c1-6-11(2)9-12(3)15-14-7-8-16(5)13(4)10-14/h11-15H,6-10H2,1-5H3. The largest absolute Gasteiger partial charge is 0.311 e. The predicted octanol–water partition coefficient (Wildman–Crippen LogP) is 2.88. The Morgan fingerprint density at radius 3 is 2.62 bits per heavy atom. The molecule has 0 bridgehead atoms. The fraction of sp³-hybridized carbons (Fsp3) is 1.00. The van der Waals surface area contributed by atoms with Crippen LogP contribution in [0.1, 0.15) is 53.4 Å². The maximum atomic E-state index is 3.81. The average molecular weight is 226 g/mol. The number of rotatable bonds is 5. The number of piperidine rings is 1. The molecule has 0 amide bonds. The molecule has 0 radical (unpaired) electrons. The molecule has 0 aliphatic carbocycles. The Morgan fingerprint density at radius 2 is 2.06 bits per heavy atom. The Hall–Kier alpha value is -0.0800. The fourth-order valence-corrected chi connectivity index (χ4v) is 2.68. The second kappa shape index (κ2) is 6.61. The van der Waals surface area contributed by atoms with Gasteiger partial charge in [-0.1, -0.05) is 20.3 Å². The van der Waals surface area contributed by atoms with Crippen LogP contribution in [0.5, 0.6) is 0 Å². The fourth-order valence-electron chi connectivity index (χ4n) is 2.68.